The maximum absolute atomic E-state index is 13.3. The van der Waals surface area contributed by atoms with Gasteiger partial charge in [-0.1, -0.05) is 25.4 Å². The molecule has 1 aromatic carbocycles. The first-order chi connectivity index (χ1) is 9.32. The van der Waals surface area contributed by atoms with Gasteiger partial charge < -0.3 is 5.32 Å². The van der Waals surface area contributed by atoms with E-state index in [1.807, 2.05) is 13.8 Å². The predicted molar refractivity (Wildman–Crippen MR) is 75.1 cm³/mol. The van der Waals surface area contributed by atoms with Crippen molar-refractivity contribution in [2.45, 2.75) is 32.9 Å². The highest BCUT2D eigenvalue weighted by Gasteiger charge is 2.41. The van der Waals surface area contributed by atoms with E-state index < -0.39 is 17.9 Å². The number of rotatable bonds is 2. The Labute approximate surface area is 121 Å². The van der Waals surface area contributed by atoms with Crippen LogP contribution in [0.15, 0.2) is 18.2 Å². The highest BCUT2D eigenvalue weighted by atomic mass is 35.5. The number of nitrogens with one attached hydrogen (secondary N) is 1. The standard InChI is InChI=1S/C14H16ClFN2O2/c1-7(2)12-13(19)17-8(3)14(20)18(12)9-4-5-11(16)10(15)6-9/h4-8,12H,1-3H3,(H,17,19). The van der Waals surface area contributed by atoms with Crippen molar-refractivity contribution in [2.24, 2.45) is 5.92 Å². The van der Waals surface area contributed by atoms with Crippen LogP contribution < -0.4 is 10.2 Å². The molecule has 1 saturated heterocycles. The summed E-state index contributed by atoms with van der Waals surface area (Å²) in [4.78, 5) is 25.9. The minimum absolute atomic E-state index is 0.0727. The number of hydrogen-bond donors (Lipinski definition) is 1. The van der Waals surface area contributed by atoms with Crippen molar-refractivity contribution < 1.29 is 14.0 Å². The van der Waals surface area contributed by atoms with Crippen LogP contribution >= 0.6 is 11.6 Å². The van der Waals surface area contributed by atoms with Crippen LogP contribution in [0.1, 0.15) is 20.8 Å². The number of hydrogen-bond acceptors (Lipinski definition) is 2. The van der Waals surface area contributed by atoms with Gasteiger partial charge in [-0.05, 0) is 31.0 Å². The second-order valence-electron chi connectivity index (χ2n) is 5.23. The van der Waals surface area contributed by atoms with Gasteiger partial charge in [-0.3, -0.25) is 14.5 Å². The van der Waals surface area contributed by atoms with Crippen molar-refractivity contribution in [2.75, 3.05) is 4.90 Å². The number of carbonyl (C=O) groups excluding carboxylic acids is 2. The molecular formula is C14H16ClFN2O2. The van der Waals surface area contributed by atoms with Crippen molar-refractivity contribution in [3.8, 4) is 0 Å². The van der Waals surface area contributed by atoms with Gasteiger partial charge in [0.25, 0.3) is 0 Å². The summed E-state index contributed by atoms with van der Waals surface area (Å²) >= 11 is 5.77. The summed E-state index contributed by atoms with van der Waals surface area (Å²) in [6.45, 7) is 5.33. The third-order valence-electron chi connectivity index (χ3n) is 3.33. The average Bonchev–Trinajstić information content (AvgIpc) is 2.36. The zero-order chi connectivity index (χ0) is 15.0. The topological polar surface area (TPSA) is 49.4 Å². The molecule has 1 N–H and O–H groups in total. The van der Waals surface area contributed by atoms with Gasteiger partial charge in [0.2, 0.25) is 11.8 Å². The zero-order valence-electron chi connectivity index (χ0n) is 11.5. The molecule has 1 fully saturated rings. The Morgan fingerprint density at radius 2 is 2.00 bits per heavy atom. The van der Waals surface area contributed by atoms with E-state index in [2.05, 4.69) is 5.32 Å². The zero-order valence-corrected chi connectivity index (χ0v) is 12.2. The third-order valence-corrected chi connectivity index (χ3v) is 3.62. The van der Waals surface area contributed by atoms with Gasteiger partial charge in [0.1, 0.15) is 17.9 Å². The molecule has 0 radical (unpaired) electrons. The maximum atomic E-state index is 13.3. The van der Waals surface area contributed by atoms with Crippen LogP contribution in [0.2, 0.25) is 5.02 Å². The van der Waals surface area contributed by atoms with Crippen LogP contribution in [0.4, 0.5) is 10.1 Å². The van der Waals surface area contributed by atoms with Gasteiger partial charge in [-0.25, -0.2) is 4.39 Å². The minimum atomic E-state index is -0.625. The van der Waals surface area contributed by atoms with Crippen LogP contribution in [0.3, 0.4) is 0 Å². The summed E-state index contributed by atoms with van der Waals surface area (Å²) in [6.07, 6.45) is 0. The molecule has 0 bridgehead atoms. The fourth-order valence-corrected chi connectivity index (χ4v) is 2.52. The van der Waals surface area contributed by atoms with E-state index in [0.29, 0.717) is 5.69 Å². The molecular weight excluding hydrogens is 283 g/mol. The number of halogens is 2. The van der Waals surface area contributed by atoms with Crippen LogP contribution in [-0.4, -0.2) is 23.9 Å². The largest absolute Gasteiger partial charge is 0.343 e. The van der Waals surface area contributed by atoms with E-state index in [-0.39, 0.29) is 22.8 Å². The van der Waals surface area contributed by atoms with Gasteiger partial charge in [-0.15, -0.1) is 0 Å². The SMILES string of the molecule is CC1NC(=O)C(C(C)C)N(c2ccc(F)c(Cl)c2)C1=O. The Kier molecular flexibility index (Phi) is 3.99. The summed E-state index contributed by atoms with van der Waals surface area (Å²) in [6, 6.07) is 2.79. The minimum Gasteiger partial charge on any atom is -0.343 e. The Bertz CT molecular complexity index is 562. The molecule has 2 atom stereocenters. The molecule has 108 valence electrons. The molecule has 1 heterocycles. The van der Waals surface area contributed by atoms with E-state index in [0.717, 1.165) is 0 Å². The normalized spacial score (nSPS) is 23.2. The maximum Gasteiger partial charge on any atom is 0.250 e. The molecule has 20 heavy (non-hydrogen) atoms. The first-order valence-corrected chi connectivity index (χ1v) is 6.79. The first-order valence-electron chi connectivity index (χ1n) is 6.41. The Hall–Kier alpha value is -1.62. The fourth-order valence-electron chi connectivity index (χ4n) is 2.35. The molecule has 2 rings (SSSR count). The fraction of sp³-hybridized carbons (Fsp3) is 0.429. The van der Waals surface area contributed by atoms with Gasteiger partial charge in [0.15, 0.2) is 0 Å². The quantitative estimate of drug-likeness (QED) is 0.911. The Balaban J connectivity index is 2.49. The Morgan fingerprint density at radius 3 is 2.55 bits per heavy atom. The second kappa shape index (κ2) is 5.40. The molecule has 1 aliphatic rings. The van der Waals surface area contributed by atoms with E-state index in [9.17, 15) is 14.0 Å². The number of anilines is 1. The van der Waals surface area contributed by atoms with Gasteiger partial charge in [-0.2, -0.15) is 0 Å². The summed E-state index contributed by atoms with van der Waals surface area (Å²) in [5, 5.41) is 2.58. The molecule has 1 aliphatic heterocycles. The van der Waals surface area contributed by atoms with Gasteiger partial charge in [0, 0.05) is 5.69 Å². The predicted octanol–water partition coefficient (Wildman–Crippen LogP) is 2.36. The molecule has 1 aromatic rings. The first kappa shape index (κ1) is 14.8. The lowest BCUT2D eigenvalue weighted by atomic mass is 9.96. The van der Waals surface area contributed by atoms with Gasteiger partial charge >= 0.3 is 0 Å². The monoisotopic (exact) mass is 298 g/mol. The van der Waals surface area contributed by atoms with E-state index >= 15 is 0 Å². The molecule has 0 saturated carbocycles. The lowest BCUT2D eigenvalue weighted by molar-refractivity contribution is -0.134. The molecule has 0 aliphatic carbocycles. The van der Waals surface area contributed by atoms with E-state index in [1.54, 1.807) is 6.92 Å². The average molecular weight is 299 g/mol. The molecule has 6 heteroatoms. The summed E-state index contributed by atoms with van der Waals surface area (Å²) < 4.78 is 13.3. The third kappa shape index (κ3) is 2.50. The van der Waals surface area contributed by atoms with Crippen molar-refractivity contribution in [1.82, 2.24) is 5.32 Å². The highest BCUT2D eigenvalue weighted by Crippen LogP contribution is 2.28. The summed E-state index contributed by atoms with van der Waals surface area (Å²) in [5.41, 5.74) is 0.432. The smallest absolute Gasteiger partial charge is 0.250 e. The van der Waals surface area contributed by atoms with E-state index in [1.165, 1.54) is 23.1 Å². The molecule has 0 spiro atoms. The van der Waals surface area contributed by atoms with E-state index in [4.69, 9.17) is 11.6 Å². The van der Waals surface area contributed by atoms with Crippen molar-refractivity contribution in [1.29, 1.82) is 0 Å². The lowest BCUT2D eigenvalue weighted by Gasteiger charge is -2.39. The van der Waals surface area contributed by atoms with Crippen LogP contribution in [0.25, 0.3) is 0 Å². The number of benzene rings is 1. The van der Waals surface area contributed by atoms with Crippen molar-refractivity contribution >= 4 is 29.1 Å². The van der Waals surface area contributed by atoms with Gasteiger partial charge in [0.05, 0.1) is 5.02 Å². The second-order valence-corrected chi connectivity index (χ2v) is 5.63. The number of amides is 2. The Morgan fingerprint density at radius 1 is 1.35 bits per heavy atom. The van der Waals surface area contributed by atoms with Crippen molar-refractivity contribution in [3.63, 3.8) is 0 Å². The van der Waals surface area contributed by atoms with Crippen LogP contribution in [0, 0.1) is 11.7 Å². The molecule has 2 amide bonds. The lowest BCUT2D eigenvalue weighted by Crippen LogP contribution is -2.64. The summed E-state index contributed by atoms with van der Waals surface area (Å²) in [5.74, 6) is -1.08. The van der Waals surface area contributed by atoms with Crippen LogP contribution in [-0.2, 0) is 9.59 Å². The number of piperazine rings is 1. The number of nitrogens with zero attached hydrogens (tertiary/aromatic N) is 1. The highest BCUT2D eigenvalue weighted by molar-refractivity contribution is 6.31. The molecule has 0 aromatic heterocycles. The summed E-state index contributed by atoms with van der Waals surface area (Å²) in [7, 11) is 0. The molecule has 2 unspecified atom stereocenters. The van der Waals surface area contributed by atoms with Crippen molar-refractivity contribution in [3.05, 3.63) is 29.0 Å². The van der Waals surface area contributed by atoms with Crippen LogP contribution in [0.5, 0.6) is 0 Å². The number of carbonyl (C=O) groups is 2. The molecule has 4 nitrogen and oxygen atoms in total.